The summed E-state index contributed by atoms with van der Waals surface area (Å²) in [6.07, 6.45) is 6.17. The monoisotopic (exact) mass is 276 g/mol. The molecule has 2 aliphatic rings. The van der Waals surface area contributed by atoms with E-state index in [-0.39, 0.29) is 24.5 Å². The Hall–Kier alpha value is -1.69. The van der Waals surface area contributed by atoms with Crippen molar-refractivity contribution < 1.29 is 9.90 Å². The molecule has 0 radical (unpaired) electrons. The van der Waals surface area contributed by atoms with Crippen LogP contribution in [-0.4, -0.2) is 58.2 Å². The molecule has 0 spiro atoms. The van der Waals surface area contributed by atoms with E-state index in [0.717, 1.165) is 32.4 Å². The molecule has 0 aliphatic carbocycles. The molecule has 3 rings (SSSR count). The number of nitrogens with zero attached hydrogens (tertiary/aromatic N) is 4. The van der Waals surface area contributed by atoms with Gasteiger partial charge in [-0.15, -0.1) is 0 Å². The average Bonchev–Trinajstić information content (AvgIpc) is 3.16. The van der Waals surface area contributed by atoms with E-state index in [1.54, 1.807) is 18.5 Å². The first-order valence-corrected chi connectivity index (χ1v) is 7.23. The van der Waals surface area contributed by atoms with E-state index in [1.807, 2.05) is 9.80 Å². The summed E-state index contributed by atoms with van der Waals surface area (Å²) in [5, 5.41) is 9.19. The van der Waals surface area contributed by atoms with Crippen LogP contribution in [0.2, 0.25) is 0 Å². The van der Waals surface area contributed by atoms with Gasteiger partial charge in [0.05, 0.1) is 0 Å². The fraction of sp³-hybridized carbons (Fsp3) is 0.643. The minimum atomic E-state index is -0.144. The van der Waals surface area contributed by atoms with E-state index < -0.39 is 0 Å². The Morgan fingerprint density at radius 2 is 2.10 bits per heavy atom. The number of aliphatic hydroxyl groups excluding tert-OH is 1. The third kappa shape index (κ3) is 2.47. The summed E-state index contributed by atoms with van der Waals surface area (Å²) in [6.45, 7) is 2.43. The first-order chi connectivity index (χ1) is 9.79. The van der Waals surface area contributed by atoms with E-state index in [9.17, 15) is 9.90 Å². The highest BCUT2D eigenvalue weighted by Crippen LogP contribution is 2.25. The minimum absolute atomic E-state index is 0.144. The summed E-state index contributed by atoms with van der Waals surface area (Å²) >= 11 is 0. The maximum absolute atomic E-state index is 12.6. The van der Waals surface area contributed by atoms with Crippen LogP contribution >= 0.6 is 0 Å². The minimum Gasteiger partial charge on any atom is -0.396 e. The lowest BCUT2D eigenvalue weighted by Gasteiger charge is -2.27. The molecular formula is C14H20N4O2. The van der Waals surface area contributed by atoms with Crippen molar-refractivity contribution in [2.75, 3.05) is 31.1 Å². The molecule has 1 aromatic heterocycles. The molecule has 2 aliphatic heterocycles. The molecule has 6 nitrogen and oxygen atoms in total. The van der Waals surface area contributed by atoms with Crippen LogP contribution < -0.4 is 4.90 Å². The van der Waals surface area contributed by atoms with E-state index >= 15 is 0 Å². The van der Waals surface area contributed by atoms with Gasteiger partial charge < -0.3 is 14.9 Å². The summed E-state index contributed by atoms with van der Waals surface area (Å²) in [5.74, 6) is 1.04. The second kappa shape index (κ2) is 5.75. The molecule has 3 heterocycles. The Morgan fingerprint density at radius 3 is 2.80 bits per heavy atom. The molecule has 2 fully saturated rings. The van der Waals surface area contributed by atoms with Crippen molar-refractivity contribution in [3.05, 3.63) is 18.5 Å². The average molecular weight is 276 g/mol. The van der Waals surface area contributed by atoms with Crippen LogP contribution in [-0.2, 0) is 4.79 Å². The van der Waals surface area contributed by atoms with Gasteiger partial charge in [0.1, 0.15) is 6.04 Å². The van der Waals surface area contributed by atoms with Gasteiger partial charge in [-0.1, -0.05) is 0 Å². The van der Waals surface area contributed by atoms with E-state index in [1.165, 1.54) is 0 Å². The fourth-order valence-corrected chi connectivity index (χ4v) is 3.09. The van der Waals surface area contributed by atoms with Crippen molar-refractivity contribution in [2.24, 2.45) is 5.92 Å². The van der Waals surface area contributed by atoms with Gasteiger partial charge in [-0.05, 0) is 25.3 Å². The molecule has 0 aromatic carbocycles. The topological polar surface area (TPSA) is 69.6 Å². The highest BCUT2D eigenvalue weighted by molar-refractivity contribution is 5.85. The Bertz CT molecular complexity index is 468. The lowest BCUT2D eigenvalue weighted by molar-refractivity contribution is -0.131. The number of aromatic nitrogens is 2. The van der Waals surface area contributed by atoms with Gasteiger partial charge in [-0.3, -0.25) is 4.79 Å². The number of amides is 1. The number of hydrogen-bond donors (Lipinski definition) is 1. The van der Waals surface area contributed by atoms with Crippen LogP contribution in [0.5, 0.6) is 0 Å². The normalized spacial score (nSPS) is 26.2. The van der Waals surface area contributed by atoms with Gasteiger partial charge in [0, 0.05) is 44.6 Å². The zero-order valence-corrected chi connectivity index (χ0v) is 11.5. The molecule has 0 saturated carbocycles. The largest absolute Gasteiger partial charge is 0.396 e. The number of carbonyl (C=O) groups excluding carboxylic acids is 1. The second-order valence-corrected chi connectivity index (χ2v) is 5.52. The third-order valence-corrected chi connectivity index (χ3v) is 4.20. The molecule has 20 heavy (non-hydrogen) atoms. The zero-order chi connectivity index (χ0) is 13.9. The molecule has 1 aromatic rings. The van der Waals surface area contributed by atoms with Crippen molar-refractivity contribution in [3.8, 4) is 0 Å². The third-order valence-electron chi connectivity index (χ3n) is 4.20. The number of likely N-dealkylation sites (tertiary alicyclic amines) is 1. The summed E-state index contributed by atoms with van der Waals surface area (Å²) in [6, 6.07) is 1.64. The van der Waals surface area contributed by atoms with E-state index in [0.29, 0.717) is 12.5 Å². The predicted octanol–water partition coefficient (Wildman–Crippen LogP) is 0.286. The van der Waals surface area contributed by atoms with Crippen LogP contribution in [0.3, 0.4) is 0 Å². The first-order valence-electron chi connectivity index (χ1n) is 7.23. The van der Waals surface area contributed by atoms with Gasteiger partial charge in [0.15, 0.2) is 0 Å². The van der Waals surface area contributed by atoms with Crippen molar-refractivity contribution in [2.45, 2.75) is 25.3 Å². The van der Waals surface area contributed by atoms with Crippen molar-refractivity contribution >= 4 is 11.9 Å². The maximum atomic E-state index is 12.6. The second-order valence-electron chi connectivity index (χ2n) is 5.52. The van der Waals surface area contributed by atoms with Gasteiger partial charge in [0.25, 0.3) is 0 Å². The summed E-state index contributed by atoms with van der Waals surface area (Å²) in [4.78, 5) is 25.0. The molecule has 2 atom stereocenters. The molecule has 6 heteroatoms. The number of aliphatic hydroxyl groups is 1. The molecule has 2 saturated heterocycles. The van der Waals surface area contributed by atoms with Crippen molar-refractivity contribution in [1.29, 1.82) is 0 Å². The van der Waals surface area contributed by atoms with Gasteiger partial charge in [-0.2, -0.15) is 0 Å². The number of anilines is 1. The smallest absolute Gasteiger partial charge is 0.245 e. The standard InChI is InChI=1S/C14H20N4O2/c19-10-11-4-8-17(9-11)13(20)12-3-1-7-18(12)14-15-5-2-6-16-14/h2,5-6,11-12,19H,1,3-4,7-10H2. The lowest BCUT2D eigenvalue weighted by atomic mass is 10.1. The summed E-state index contributed by atoms with van der Waals surface area (Å²) in [7, 11) is 0. The molecular weight excluding hydrogens is 256 g/mol. The van der Waals surface area contributed by atoms with Crippen LogP contribution in [0.15, 0.2) is 18.5 Å². The Balaban J connectivity index is 1.71. The van der Waals surface area contributed by atoms with Crippen molar-refractivity contribution in [1.82, 2.24) is 14.9 Å². The van der Waals surface area contributed by atoms with Gasteiger partial charge >= 0.3 is 0 Å². The van der Waals surface area contributed by atoms with Crippen molar-refractivity contribution in [3.63, 3.8) is 0 Å². The van der Waals surface area contributed by atoms with Gasteiger partial charge in [0.2, 0.25) is 11.9 Å². The Kier molecular flexibility index (Phi) is 3.82. The number of rotatable bonds is 3. The van der Waals surface area contributed by atoms with E-state index in [4.69, 9.17) is 0 Å². The Labute approximate surface area is 118 Å². The molecule has 0 bridgehead atoms. The van der Waals surface area contributed by atoms with E-state index in [2.05, 4.69) is 9.97 Å². The Morgan fingerprint density at radius 1 is 1.30 bits per heavy atom. The zero-order valence-electron chi connectivity index (χ0n) is 11.5. The predicted molar refractivity (Wildman–Crippen MR) is 74.2 cm³/mol. The SMILES string of the molecule is O=C(C1CCCN1c1ncccn1)N1CCC(CO)C1. The van der Waals surface area contributed by atoms with Crippen LogP contribution in [0, 0.1) is 5.92 Å². The highest BCUT2D eigenvalue weighted by atomic mass is 16.3. The molecule has 1 N–H and O–H groups in total. The molecule has 1 amide bonds. The highest BCUT2D eigenvalue weighted by Gasteiger charge is 2.37. The van der Waals surface area contributed by atoms with Gasteiger partial charge in [-0.25, -0.2) is 9.97 Å². The molecule has 108 valence electrons. The maximum Gasteiger partial charge on any atom is 0.245 e. The number of carbonyl (C=O) groups is 1. The van der Waals surface area contributed by atoms with Crippen LogP contribution in [0.4, 0.5) is 5.95 Å². The molecule has 2 unspecified atom stereocenters. The quantitative estimate of drug-likeness (QED) is 0.859. The first kappa shape index (κ1) is 13.3. The van der Waals surface area contributed by atoms with Crippen LogP contribution in [0.25, 0.3) is 0 Å². The summed E-state index contributed by atoms with van der Waals surface area (Å²) < 4.78 is 0. The lowest BCUT2D eigenvalue weighted by Crippen LogP contribution is -2.45. The number of hydrogen-bond acceptors (Lipinski definition) is 5. The fourth-order valence-electron chi connectivity index (χ4n) is 3.09. The van der Waals surface area contributed by atoms with Crippen LogP contribution in [0.1, 0.15) is 19.3 Å². The summed E-state index contributed by atoms with van der Waals surface area (Å²) in [5.41, 5.74) is 0.